The normalized spacial score (nSPS) is 11.2. The number of carbonyl (C=O) groups is 1. The summed E-state index contributed by atoms with van der Waals surface area (Å²) < 4.78 is 2.04. The van der Waals surface area contributed by atoms with Crippen LogP contribution in [0.25, 0.3) is 5.69 Å². The molecule has 3 rings (SSSR count). The molecule has 0 aliphatic carbocycles. The van der Waals surface area contributed by atoms with Crippen LogP contribution < -0.4 is 5.43 Å². The van der Waals surface area contributed by atoms with Gasteiger partial charge in [0.1, 0.15) is 0 Å². The zero-order valence-corrected chi connectivity index (χ0v) is 19.5. The van der Waals surface area contributed by atoms with E-state index in [1.165, 1.54) is 11.8 Å². The van der Waals surface area contributed by atoms with Crippen molar-refractivity contribution in [3.8, 4) is 5.69 Å². The monoisotopic (exact) mass is 479 g/mol. The number of hydrogen-bond acceptors (Lipinski definition) is 3. The van der Waals surface area contributed by atoms with Crippen LogP contribution in [0.4, 0.5) is 0 Å². The third-order valence-electron chi connectivity index (χ3n) is 4.42. The molecule has 0 atom stereocenters. The Morgan fingerprint density at radius 2 is 1.80 bits per heavy atom. The van der Waals surface area contributed by atoms with Crippen molar-refractivity contribution in [2.24, 2.45) is 5.10 Å². The minimum atomic E-state index is -0.168. The smallest absolute Gasteiger partial charge is 0.250 e. The number of nitrogens with one attached hydrogen (secondary N) is 1. The van der Waals surface area contributed by atoms with Crippen molar-refractivity contribution in [1.82, 2.24) is 9.99 Å². The van der Waals surface area contributed by atoms with Crippen LogP contribution in [0.15, 0.2) is 53.6 Å². The highest BCUT2D eigenvalue weighted by molar-refractivity contribution is 7.99. The Kier molecular flexibility index (Phi) is 7.89. The third kappa shape index (κ3) is 5.82. The van der Waals surface area contributed by atoms with Gasteiger partial charge in [0.2, 0.25) is 5.91 Å². The number of aryl methyl sites for hydroxylation is 1. The summed E-state index contributed by atoms with van der Waals surface area (Å²) >= 11 is 19.9. The van der Waals surface area contributed by atoms with E-state index in [-0.39, 0.29) is 5.91 Å². The standard InChI is InChI=1S/C22H20Cl3N3OS/c1-14-7-17(15(2)28(14)20-9-18(23)8-19(24)10-20)11-26-27-22(29)13-30-12-16-5-3-4-6-21(16)25/h3-11H,12-13H2,1-2H3,(H,27,29)/b26-11+. The molecule has 0 saturated heterocycles. The van der Waals surface area contributed by atoms with Gasteiger partial charge in [0.25, 0.3) is 0 Å². The first kappa shape index (κ1) is 22.8. The summed E-state index contributed by atoms with van der Waals surface area (Å²) in [5.74, 6) is 0.793. The van der Waals surface area contributed by atoms with Gasteiger partial charge in [0, 0.05) is 43.5 Å². The number of halogens is 3. The molecule has 2 aromatic carbocycles. The third-order valence-corrected chi connectivity index (χ3v) is 6.20. The second kappa shape index (κ2) is 10.4. The number of benzene rings is 2. The van der Waals surface area contributed by atoms with Crippen LogP contribution in [-0.2, 0) is 10.5 Å². The highest BCUT2D eigenvalue weighted by Crippen LogP contribution is 2.26. The molecule has 1 N–H and O–H groups in total. The molecule has 0 bridgehead atoms. The minimum Gasteiger partial charge on any atom is -0.318 e. The molecular weight excluding hydrogens is 461 g/mol. The summed E-state index contributed by atoms with van der Waals surface area (Å²) in [4.78, 5) is 12.0. The van der Waals surface area contributed by atoms with Crippen molar-refractivity contribution < 1.29 is 4.79 Å². The number of carbonyl (C=O) groups excluding carboxylic acids is 1. The van der Waals surface area contributed by atoms with Gasteiger partial charge in [-0.25, -0.2) is 5.43 Å². The van der Waals surface area contributed by atoms with E-state index < -0.39 is 0 Å². The molecule has 1 heterocycles. The molecule has 0 aliphatic rings. The van der Waals surface area contributed by atoms with Crippen molar-refractivity contribution in [2.75, 3.05) is 5.75 Å². The number of thioether (sulfide) groups is 1. The highest BCUT2D eigenvalue weighted by Gasteiger charge is 2.11. The van der Waals surface area contributed by atoms with Gasteiger partial charge in [0.05, 0.1) is 12.0 Å². The molecule has 3 aromatic rings. The molecule has 156 valence electrons. The number of nitrogens with zero attached hydrogens (tertiary/aromatic N) is 2. The lowest BCUT2D eigenvalue weighted by molar-refractivity contribution is -0.118. The number of amides is 1. The average Bonchev–Trinajstić information content (AvgIpc) is 2.96. The molecule has 8 heteroatoms. The molecular formula is C22H20Cl3N3OS. The van der Waals surface area contributed by atoms with Gasteiger partial charge < -0.3 is 4.57 Å². The predicted octanol–water partition coefficient (Wildman–Crippen LogP) is 6.44. The van der Waals surface area contributed by atoms with E-state index in [1.54, 1.807) is 12.3 Å². The number of rotatable bonds is 7. The highest BCUT2D eigenvalue weighted by atomic mass is 35.5. The lowest BCUT2D eigenvalue weighted by Gasteiger charge is -2.10. The van der Waals surface area contributed by atoms with E-state index in [2.05, 4.69) is 10.5 Å². The SMILES string of the molecule is Cc1cc(/C=N/NC(=O)CSCc2ccccc2Cl)c(C)n1-c1cc(Cl)cc(Cl)c1. The Hall–Kier alpha value is -1.92. The fourth-order valence-corrected chi connectivity index (χ4v) is 4.68. The number of aromatic nitrogens is 1. The molecule has 0 radical (unpaired) electrons. The van der Waals surface area contributed by atoms with Gasteiger partial charge in [-0.2, -0.15) is 5.10 Å². The van der Waals surface area contributed by atoms with Gasteiger partial charge in [-0.05, 0) is 49.7 Å². The lowest BCUT2D eigenvalue weighted by atomic mass is 10.2. The van der Waals surface area contributed by atoms with Gasteiger partial charge in [0.15, 0.2) is 0 Å². The predicted molar refractivity (Wildman–Crippen MR) is 129 cm³/mol. The second-order valence-corrected chi connectivity index (χ2v) is 8.93. The summed E-state index contributed by atoms with van der Waals surface area (Å²) in [5.41, 5.74) is 7.33. The molecule has 1 aromatic heterocycles. The summed E-state index contributed by atoms with van der Waals surface area (Å²) in [6.45, 7) is 3.97. The molecule has 0 saturated carbocycles. The fourth-order valence-electron chi connectivity index (χ4n) is 3.06. The van der Waals surface area contributed by atoms with Crippen LogP contribution in [0, 0.1) is 13.8 Å². The minimum absolute atomic E-state index is 0.168. The largest absolute Gasteiger partial charge is 0.318 e. The summed E-state index contributed by atoms with van der Waals surface area (Å²) in [6, 6.07) is 15.0. The summed E-state index contributed by atoms with van der Waals surface area (Å²) in [6.07, 6.45) is 1.64. The van der Waals surface area contributed by atoms with Gasteiger partial charge >= 0.3 is 0 Å². The lowest BCUT2D eigenvalue weighted by Crippen LogP contribution is -2.19. The van der Waals surface area contributed by atoms with E-state index in [1.807, 2.05) is 60.9 Å². The van der Waals surface area contributed by atoms with Gasteiger partial charge in [-0.3, -0.25) is 4.79 Å². The zero-order valence-electron chi connectivity index (χ0n) is 16.5. The maximum atomic E-state index is 12.0. The molecule has 0 fully saturated rings. The second-order valence-electron chi connectivity index (χ2n) is 6.67. The van der Waals surface area contributed by atoms with Crippen LogP contribution in [0.1, 0.15) is 22.5 Å². The Labute approximate surface area is 195 Å². The van der Waals surface area contributed by atoms with Crippen molar-refractivity contribution in [3.63, 3.8) is 0 Å². The maximum Gasteiger partial charge on any atom is 0.250 e. The van der Waals surface area contributed by atoms with Gasteiger partial charge in [-0.1, -0.05) is 53.0 Å². The van der Waals surface area contributed by atoms with E-state index in [4.69, 9.17) is 34.8 Å². The zero-order chi connectivity index (χ0) is 21.7. The first-order chi connectivity index (χ1) is 14.3. The molecule has 4 nitrogen and oxygen atoms in total. The Bertz CT molecular complexity index is 1070. The van der Waals surface area contributed by atoms with Crippen LogP contribution in [0.2, 0.25) is 15.1 Å². The number of hydrogen-bond donors (Lipinski definition) is 1. The summed E-state index contributed by atoms with van der Waals surface area (Å²) in [5, 5.41) is 5.95. The van der Waals surface area contributed by atoms with E-state index in [9.17, 15) is 4.79 Å². The van der Waals surface area contributed by atoms with E-state index >= 15 is 0 Å². The van der Waals surface area contributed by atoms with Crippen LogP contribution >= 0.6 is 46.6 Å². The first-order valence-corrected chi connectivity index (χ1v) is 11.4. The maximum absolute atomic E-state index is 12.0. The van der Waals surface area contributed by atoms with Crippen molar-refractivity contribution in [2.45, 2.75) is 19.6 Å². The topological polar surface area (TPSA) is 46.4 Å². The molecule has 0 aliphatic heterocycles. The quantitative estimate of drug-likeness (QED) is 0.312. The Morgan fingerprint density at radius 1 is 1.10 bits per heavy atom. The van der Waals surface area contributed by atoms with E-state index in [0.29, 0.717) is 26.6 Å². The van der Waals surface area contributed by atoms with Crippen molar-refractivity contribution in [1.29, 1.82) is 0 Å². The van der Waals surface area contributed by atoms with Crippen LogP contribution in [0.5, 0.6) is 0 Å². The average molecular weight is 481 g/mol. The number of hydrazone groups is 1. The molecule has 0 spiro atoms. The van der Waals surface area contributed by atoms with E-state index in [0.717, 1.165) is 28.2 Å². The van der Waals surface area contributed by atoms with Crippen LogP contribution in [-0.4, -0.2) is 22.4 Å². The molecule has 30 heavy (non-hydrogen) atoms. The first-order valence-electron chi connectivity index (χ1n) is 9.13. The Balaban J connectivity index is 1.60. The Morgan fingerprint density at radius 3 is 2.50 bits per heavy atom. The molecule has 0 unspecified atom stereocenters. The fraction of sp³-hybridized carbons (Fsp3) is 0.182. The van der Waals surface area contributed by atoms with Crippen molar-refractivity contribution >= 4 is 58.7 Å². The van der Waals surface area contributed by atoms with Crippen molar-refractivity contribution in [3.05, 3.63) is 86.1 Å². The van der Waals surface area contributed by atoms with Crippen LogP contribution in [0.3, 0.4) is 0 Å². The van der Waals surface area contributed by atoms with Gasteiger partial charge in [-0.15, -0.1) is 11.8 Å². The summed E-state index contributed by atoms with van der Waals surface area (Å²) in [7, 11) is 0. The molecule has 1 amide bonds.